The zero-order valence-electron chi connectivity index (χ0n) is 10.9. The van der Waals surface area contributed by atoms with Gasteiger partial charge in [0.25, 0.3) is 0 Å². The molecule has 108 valence electrons. The molecule has 0 heterocycles. The summed E-state index contributed by atoms with van der Waals surface area (Å²) in [5, 5.41) is 9.50. The maximum atomic E-state index is 13.9. The van der Waals surface area contributed by atoms with Gasteiger partial charge in [0.2, 0.25) is 0 Å². The summed E-state index contributed by atoms with van der Waals surface area (Å²) < 4.78 is 19.4. The Kier molecular flexibility index (Phi) is 5.46. The van der Waals surface area contributed by atoms with Gasteiger partial charge in [0.05, 0.1) is 5.02 Å². The first-order valence-corrected chi connectivity index (χ1v) is 6.82. The molecule has 0 saturated carbocycles. The van der Waals surface area contributed by atoms with E-state index in [2.05, 4.69) is 11.8 Å². The van der Waals surface area contributed by atoms with E-state index in [9.17, 15) is 4.39 Å². The van der Waals surface area contributed by atoms with Crippen LogP contribution >= 0.6 is 23.2 Å². The normalized spacial score (nSPS) is 9.90. The van der Waals surface area contributed by atoms with Gasteiger partial charge in [-0.05, 0) is 24.3 Å². The van der Waals surface area contributed by atoms with Gasteiger partial charge in [0, 0.05) is 22.2 Å². The van der Waals surface area contributed by atoms with Gasteiger partial charge in [-0.25, -0.2) is 4.39 Å². The number of aliphatic hydroxyl groups is 1. The Hall–Kier alpha value is -1.73. The maximum Gasteiger partial charge on any atom is 0.139 e. The maximum absolute atomic E-state index is 13.9. The summed E-state index contributed by atoms with van der Waals surface area (Å²) in [4.78, 5) is 0. The Morgan fingerprint density at radius 3 is 2.67 bits per heavy atom. The summed E-state index contributed by atoms with van der Waals surface area (Å²) >= 11 is 11.8. The van der Waals surface area contributed by atoms with Crippen LogP contribution in [0.5, 0.6) is 5.75 Å². The largest absolute Gasteiger partial charge is 0.487 e. The highest BCUT2D eigenvalue weighted by atomic mass is 35.5. The van der Waals surface area contributed by atoms with Gasteiger partial charge in [-0.1, -0.05) is 41.1 Å². The summed E-state index contributed by atoms with van der Waals surface area (Å²) in [7, 11) is 0. The Morgan fingerprint density at radius 1 is 1.14 bits per heavy atom. The van der Waals surface area contributed by atoms with Gasteiger partial charge in [0.1, 0.15) is 24.8 Å². The second-order valence-electron chi connectivity index (χ2n) is 4.13. The molecule has 0 spiro atoms. The topological polar surface area (TPSA) is 29.5 Å². The summed E-state index contributed by atoms with van der Waals surface area (Å²) in [5.74, 6) is 5.06. The van der Waals surface area contributed by atoms with E-state index in [0.717, 1.165) is 0 Å². The molecular weight excluding hydrogens is 314 g/mol. The first kappa shape index (κ1) is 15.7. The Morgan fingerprint density at radius 2 is 1.95 bits per heavy atom. The molecule has 0 aliphatic rings. The predicted molar refractivity (Wildman–Crippen MR) is 81.2 cm³/mol. The highest BCUT2D eigenvalue weighted by Crippen LogP contribution is 2.28. The van der Waals surface area contributed by atoms with Crippen molar-refractivity contribution in [2.75, 3.05) is 6.61 Å². The van der Waals surface area contributed by atoms with Crippen LogP contribution in [-0.2, 0) is 6.61 Å². The molecule has 0 amide bonds. The number of hydrogen-bond acceptors (Lipinski definition) is 2. The molecule has 21 heavy (non-hydrogen) atoms. The smallest absolute Gasteiger partial charge is 0.139 e. The number of benzene rings is 2. The van der Waals surface area contributed by atoms with E-state index in [1.54, 1.807) is 30.3 Å². The number of rotatable bonds is 3. The van der Waals surface area contributed by atoms with Gasteiger partial charge >= 0.3 is 0 Å². The molecule has 0 aliphatic heterocycles. The molecule has 0 unspecified atom stereocenters. The Labute approximate surface area is 132 Å². The molecule has 0 fully saturated rings. The molecule has 0 aromatic heterocycles. The predicted octanol–water partition coefficient (Wildman–Crippen LogP) is 4.06. The minimum Gasteiger partial charge on any atom is -0.487 e. The second kappa shape index (κ2) is 7.33. The fraction of sp³-hybridized carbons (Fsp3) is 0.125. The lowest BCUT2D eigenvalue weighted by molar-refractivity contribution is 0.300. The van der Waals surface area contributed by atoms with Crippen LogP contribution in [0.2, 0.25) is 10.0 Å². The molecule has 1 N–H and O–H groups in total. The van der Waals surface area contributed by atoms with Crippen LogP contribution < -0.4 is 4.74 Å². The highest BCUT2D eigenvalue weighted by Gasteiger charge is 2.07. The Balaban J connectivity index is 2.11. The standard InChI is InChI=1S/C16H11Cl2FO2/c17-13-5-6-14(18)16(9-13)21-10-12-4-3-11(2-1-7-20)8-15(12)19/h3-6,8-9,20H,7,10H2. The molecule has 2 aromatic rings. The highest BCUT2D eigenvalue weighted by molar-refractivity contribution is 6.34. The molecule has 0 bridgehead atoms. The van der Waals surface area contributed by atoms with Gasteiger partial charge in [-0.15, -0.1) is 0 Å². The van der Waals surface area contributed by atoms with Crippen LogP contribution in [0.25, 0.3) is 0 Å². The second-order valence-corrected chi connectivity index (χ2v) is 4.97. The number of halogens is 3. The van der Waals surface area contributed by atoms with E-state index in [0.29, 0.717) is 26.9 Å². The fourth-order valence-corrected chi connectivity index (χ4v) is 1.96. The van der Waals surface area contributed by atoms with Crippen molar-refractivity contribution in [2.24, 2.45) is 0 Å². The van der Waals surface area contributed by atoms with E-state index < -0.39 is 5.82 Å². The van der Waals surface area contributed by atoms with Crippen LogP contribution in [0, 0.1) is 17.7 Å². The minimum atomic E-state index is -0.433. The molecule has 2 nitrogen and oxygen atoms in total. The molecule has 2 rings (SSSR count). The van der Waals surface area contributed by atoms with Crippen LogP contribution in [0.15, 0.2) is 36.4 Å². The van der Waals surface area contributed by atoms with Crippen LogP contribution in [0.4, 0.5) is 4.39 Å². The first-order chi connectivity index (χ1) is 10.1. The zero-order valence-corrected chi connectivity index (χ0v) is 12.4. The van der Waals surface area contributed by atoms with Gasteiger partial charge in [0.15, 0.2) is 0 Å². The molecular formula is C16H11Cl2FO2. The molecule has 0 aliphatic carbocycles. The lowest BCUT2D eigenvalue weighted by atomic mass is 10.1. The fourth-order valence-electron chi connectivity index (χ4n) is 1.63. The van der Waals surface area contributed by atoms with Crippen molar-refractivity contribution in [1.82, 2.24) is 0 Å². The lowest BCUT2D eigenvalue weighted by Gasteiger charge is -2.09. The van der Waals surface area contributed by atoms with Crippen molar-refractivity contribution in [3.63, 3.8) is 0 Å². The van der Waals surface area contributed by atoms with Crippen molar-refractivity contribution < 1.29 is 14.2 Å². The van der Waals surface area contributed by atoms with Crippen LogP contribution in [-0.4, -0.2) is 11.7 Å². The van der Waals surface area contributed by atoms with Crippen molar-refractivity contribution in [3.8, 4) is 17.6 Å². The van der Waals surface area contributed by atoms with Crippen molar-refractivity contribution in [2.45, 2.75) is 6.61 Å². The summed E-state index contributed by atoms with van der Waals surface area (Å²) in [6.45, 7) is -0.237. The van der Waals surface area contributed by atoms with Gasteiger partial charge in [-0.2, -0.15) is 0 Å². The zero-order chi connectivity index (χ0) is 15.2. The van der Waals surface area contributed by atoms with Gasteiger partial charge < -0.3 is 9.84 Å². The molecule has 2 aromatic carbocycles. The third-order valence-corrected chi connectivity index (χ3v) is 3.19. The molecule has 0 atom stereocenters. The molecule has 5 heteroatoms. The minimum absolute atomic E-state index is 0.0274. The van der Waals surface area contributed by atoms with Crippen LogP contribution in [0.3, 0.4) is 0 Å². The number of aliphatic hydroxyl groups excluding tert-OH is 1. The van der Waals surface area contributed by atoms with E-state index in [-0.39, 0.29) is 13.2 Å². The number of ether oxygens (including phenoxy) is 1. The third kappa shape index (κ3) is 4.37. The average Bonchev–Trinajstić information content (AvgIpc) is 2.47. The van der Waals surface area contributed by atoms with Gasteiger partial charge in [-0.3, -0.25) is 0 Å². The van der Waals surface area contributed by atoms with Crippen molar-refractivity contribution in [1.29, 1.82) is 0 Å². The van der Waals surface area contributed by atoms with E-state index in [4.69, 9.17) is 33.0 Å². The van der Waals surface area contributed by atoms with Crippen molar-refractivity contribution in [3.05, 3.63) is 63.4 Å². The average molecular weight is 325 g/mol. The first-order valence-electron chi connectivity index (χ1n) is 6.06. The van der Waals surface area contributed by atoms with Crippen LogP contribution in [0.1, 0.15) is 11.1 Å². The summed E-state index contributed by atoms with van der Waals surface area (Å²) in [6.07, 6.45) is 0. The molecule has 0 saturated heterocycles. The third-order valence-electron chi connectivity index (χ3n) is 2.64. The lowest BCUT2D eigenvalue weighted by Crippen LogP contribution is -1.99. The quantitative estimate of drug-likeness (QED) is 0.863. The SMILES string of the molecule is OCC#Cc1ccc(COc2cc(Cl)ccc2Cl)c(F)c1. The number of hydrogen-bond donors (Lipinski definition) is 1. The van der Waals surface area contributed by atoms with E-state index in [1.165, 1.54) is 6.07 Å². The monoisotopic (exact) mass is 324 g/mol. The summed E-state index contributed by atoms with van der Waals surface area (Å²) in [6, 6.07) is 9.36. The van der Waals surface area contributed by atoms with E-state index >= 15 is 0 Å². The summed E-state index contributed by atoms with van der Waals surface area (Å²) in [5.41, 5.74) is 0.867. The van der Waals surface area contributed by atoms with E-state index in [1.807, 2.05) is 0 Å². The molecule has 0 radical (unpaired) electrons. The van der Waals surface area contributed by atoms with Crippen molar-refractivity contribution >= 4 is 23.2 Å². The Bertz CT molecular complexity index is 705.